The van der Waals surface area contributed by atoms with Gasteiger partial charge in [0.1, 0.15) is 0 Å². The Bertz CT molecular complexity index is 1390. The smallest absolute Gasteiger partial charge is 0.189 e. The number of fused-ring (bicyclic) bond motifs is 1. The lowest BCUT2D eigenvalue weighted by molar-refractivity contribution is 1.14. The largest absolute Gasteiger partial charge is 0.331 e. The molecule has 0 atom stereocenters. The minimum Gasteiger partial charge on any atom is -0.331 e. The molecule has 0 saturated heterocycles. The highest BCUT2D eigenvalue weighted by molar-refractivity contribution is 7.80. The van der Waals surface area contributed by atoms with Crippen molar-refractivity contribution in [2.75, 3.05) is 10.7 Å². The van der Waals surface area contributed by atoms with Crippen LogP contribution in [0.15, 0.2) is 109 Å². The summed E-state index contributed by atoms with van der Waals surface area (Å²) in [5, 5.41) is 3.65. The van der Waals surface area contributed by atoms with Crippen LogP contribution in [0.4, 0.5) is 11.4 Å². The van der Waals surface area contributed by atoms with Crippen molar-refractivity contribution in [2.24, 2.45) is 0 Å². The molecule has 0 amide bonds. The Morgan fingerprint density at radius 3 is 1.73 bits per heavy atom. The third kappa shape index (κ3) is 4.81. The predicted molar refractivity (Wildman–Crippen MR) is 140 cm³/mol. The number of aromatic nitrogens is 2. The first-order chi connectivity index (χ1) is 16.3. The summed E-state index contributed by atoms with van der Waals surface area (Å²) in [6.45, 7) is 0. The molecule has 5 rings (SSSR count). The third-order valence-electron chi connectivity index (χ3n) is 5.11. The molecule has 0 fully saturated rings. The number of para-hydroxylation sites is 1. The molecule has 0 bridgehead atoms. The Kier molecular flexibility index (Phi) is 5.91. The van der Waals surface area contributed by atoms with E-state index in [0.29, 0.717) is 5.11 Å². The quantitative estimate of drug-likeness (QED) is 0.218. The molecule has 0 aliphatic heterocycles. The van der Waals surface area contributed by atoms with Crippen LogP contribution >= 0.6 is 12.2 Å². The van der Waals surface area contributed by atoms with Crippen molar-refractivity contribution in [3.05, 3.63) is 109 Å². The Balaban J connectivity index is 1.46. The van der Waals surface area contributed by atoms with Crippen molar-refractivity contribution < 1.29 is 0 Å². The molecule has 0 radical (unpaired) electrons. The van der Waals surface area contributed by atoms with E-state index in [0.717, 1.165) is 44.9 Å². The standard InChI is InChI=1S/C27H21N5S/c33-27(32-31-21-14-8-3-9-15-21)28-22-16-17-23-24(18-22)30-26(20-12-6-2-7-13-20)25(29-23)19-10-4-1-5-11-19/h1-18,31H,(H2,28,32,33). The van der Waals surface area contributed by atoms with Gasteiger partial charge in [0.2, 0.25) is 0 Å². The van der Waals surface area contributed by atoms with Crippen molar-refractivity contribution in [1.82, 2.24) is 15.4 Å². The third-order valence-corrected chi connectivity index (χ3v) is 5.31. The first-order valence-corrected chi connectivity index (χ1v) is 11.0. The molecule has 6 heteroatoms. The van der Waals surface area contributed by atoms with Crippen molar-refractivity contribution in [3.8, 4) is 22.5 Å². The zero-order valence-electron chi connectivity index (χ0n) is 17.7. The van der Waals surface area contributed by atoms with E-state index in [-0.39, 0.29) is 0 Å². The normalized spacial score (nSPS) is 10.5. The van der Waals surface area contributed by atoms with Gasteiger partial charge in [0, 0.05) is 16.8 Å². The van der Waals surface area contributed by atoms with Crippen LogP contribution in [0.1, 0.15) is 0 Å². The highest BCUT2D eigenvalue weighted by Gasteiger charge is 2.13. The summed E-state index contributed by atoms with van der Waals surface area (Å²) in [6, 6.07) is 35.9. The van der Waals surface area contributed by atoms with Gasteiger partial charge in [-0.2, -0.15) is 0 Å². The molecule has 3 N–H and O–H groups in total. The van der Waals surface area contributed by atoms with Crippen molar-refractivity contribution >= 4 is 39.7 Å². The first-order valence-electron chi connectivity index (χ1n) is 10.6. The summed E-state index contributed by atoms with van der Waals surface area (Å²) in [4.78, 5) is 9.97. The zero-order valence-corrected chi connectivity index (χ0v) is 18.5. The number of hydrazine groups is 1. The van der Waals surface area contributed by atoms with E-state index in [1.165, 1.54) is 0 Å². The molecule has 1 aromatic heterocycles. The highest BCUT2D eigenvalue weighted by Crippen LogP contribution is 2.31. The number of nitrogens with one attached hydrogen (secondary N) is 3. The molecular weight excluding hydrogens is 426 g/mol. The van der Waals surface area contributed by atoms with E-state index in [1.807, 2.05) is 84.9 Å². The highest BCUT2D eigenvalue weighted by atomic mass is 32.1. The maximum absolute atomic E-state index is 5.42. The van der Waals surface area contributed by atoms with Crippen LogP contribution in [-0.2, 0) is 0 Å². The van der Waals surface area contributed by atoms with Gasteiger partial charge in [0.05, 0.1) is 28.1 Å². The minimum atomic E-state index is 0.454. The van der Waals surface area contributed by atoms with Gasteiger partial charge in [-0.3, -0.25) is 10.9 Å². The average Bonchev–Trinajstić information content (AvgIpc) is 2.88. The van der Waals surface area contributed by atoms with Gasteiger partial charge >= 0.3 is 0 Å². The van der Waals surface area contributed by atoms with Crippen LogP contribution in [0.3, 0.4) is 0 Å². The van der Waals surface area contributed by atoms with Gasteiger partial charge < -0.3 is 5.32 Å². The fourth-order valence-corrected chi connectivity index (χ4v) is 3.71. The molecule has 0 spiro atoms. The molecule has 5 nitrogen and oxygen atoms in total. The second kappa shape index (κ2) is 9.46. The van der Waals surface area contributed by atoms with Crippen LogP contribution < -0.4 is 16.2 Å². The van der Waals surface area contributed by atoms with Crippen LogP contribution in [0, 0.1) is 0 Å². The summed E-state index contributed by atoms with van der Waals surface area (Å²) in [6.07, 6.45) is 0. The fourth-order valence-electron chi connectivity index (χ4n) is 3.54. The van der Waals surface area contributed by atoms with Gasteiger partial charge in [-0.1, -0.05) is 78.9 Å². The topological polar surface area (TPSA) is 61.9 Å². The molecule has 0 aliphatic carbocycles. The Hall–Kier alpha value is -4.29. The Morgan fingerprint density at radius 1 is 0.576 bits per heavy atom. The average molecular weight is 448 g/mol. The van der Waals surface area contributed by atoms with E-state index in [2.05, 4.69) is 40.4 Å². The van der Waals surface area contributed by atoms with Gasteiger partial charge in [0.15, 0.2) is 5.11 Å². The van der Waals surface area contributed by atoms with Gasteiger partial charge in [-0.15, -0.1) is 0 Å². The van der Waals surface area contributed by atoms with Crippen molar-refractivity contribution in [3.63, 3.8) is 0 Å². The molecule has 1 heterocycles. The number of hydrogen-bond acceptors (Lipinski definition) is 4. The number of anilines is 2. The predicted octanol–water partition coefficient (Wildman–Crippen LogP) is 6.28. The monoisotopic (exact) mass is 447 g/mol. The maximum Gasteiger partial charge on any atom is 0.189 e. The summed E-state index contributed by atoms with van der Waals surface area (Å²) in [5.41, 5.74) is 13.2. The molecule has 160 valence electrons. The Morgan fingerprint density at radius 2 is 1.12 bits per heavy atom. The fraction of sp³-hybridized carbons (Fsp3) is 0. The molecule has 5 aromatic rings. The number of rotatable bonds is 5. The number of hydrogen-bond donors (Lipinski definition) is 3. The first kappa shape index (κ1) is 20.6. The van der Waals surface area contributed by atoms with E-state index in [9.17, 15) is 0 Å². The van der Waals surface area contributed by atoms with E-state index in [1.54, 1.807) is 0 Å². The second-order valence-corrected chi connectivity index (χ2v) is 7.83. The van der Waals surface area contributed by atoms with Gasteiger partial charge in [-0.25, -0.2) is 9.97 Å². The van der Waals surface area contributed by atoms with Crippen LogP contribution in [-0.4, -0.2) is 15.1 Å². The lowest BCUT2D eigenvalue weighted by Gasteiger charge is -2.14. The van der Waals surface area contributed by atoms with Crippen LogP contribution in [0.25, 0.3) is 33.5 Å². The van der Waals surface area contributed by atoms with E-state index < -0.39 is 0 Å². The minimum absolute atomic E-state index is 0.454. The van der Waals surface area contributed by atoms with Crippen molar-refractivity contribution in [1.29, 1.82) is 0 Å². The molecule has 0 aliphatic rings. The summed E-state index contributed by atoms with van der Waals surface area (Å²) < 4.78 is 0. The van der Waals surface area contributed by atoms with Gasteiger partial charge in [-0.05, 0) is 42.5 Å². The molecular formula is C27H21N5S. The second-order valence-electron chi connectivity index (χ2n) is 7.43. The Labute approximate surface area is 197 Å². The van der Waals surface area contributed by atoms with E-state index in [4.69, 9.17) is 22.2 Å². The maximum atomic E-state index is 5.42. The van der Waals surface area contributed by atoms with Gasteiger partial charge in [0.25, 0.3) is 0 Å². The molecule has 0 saturated carbocycles. The number of benzene rings is 4. The number of thiocarbonyl (C=S) groups is 1. The van der Waals surface area contributed by atoms with Crippen LogP contribution in [0.2, 0.25) is 0 Å². The van der Waals surface area contributed by atoms with Crippen LogP contribution in [0.5, 0.6) is 0 Å². The van der Waals surface area contributed by atoms with Crippen molar-refractivity contribution in [2.45, 2.75) is 0 Å². The number of nitrogens with zero attached hydrogens (tertiary/aromatic N) is 2. The molecule has 0 unspecified atom stereocenters. The lowest BCUT2D eigenvalue weighted by Crippen LogP contribution is -2.33. The SMILES string of the molecule is S=C(NNc1ccccc1)Nc1ccc2nc(-c3ccccc3)c(-c3ccccc3)nc2c1. The molecule has 33 heavy (non-hydrogen) atoms. The summed E-state index contributed by atoms with van der Waals surface area (Å²) in [5.74, 6) is 0. The summed E-state index contributed by atoms with van der Waals surface area (Å²) >= 11 is 5.42. The lowest BCUT2D eigenvalue weighted by atomic mass is 10.0. The van der Waals surface area contributed by atoms with E-state index >= 15 is 0 Å². The summed E-state index contributed by atoms with van der Waals surface area (Å²) in [7, 11) is 0. The molecule has 4 aromatic carbocycles. The zero-order chi connectivity index (χ0) is 22.5.